The Morgan fingerprint density at radius 2 is 1.57 bits per heavy atom. The van der Waals surface area contributed by atoms with Crippen LogP contribution in [0.2, 0.25) is 0 Å². The maximum absolute atomic E-state index is 12.8. The van der Waals surface area contributed by atoms with Gasteiger partial charge in [0.25, 0.3) is 5.91 Å². The van der Waals surface area contributed by atoms with Gasteiger partial charge in [-0.25, -0.2) is 23.2 Å². The number of carbonyl (C=O) groups excluding carboxylic acids is 1. The van der Waals surface area contributed by atoms with E-state index in [4.69, 9.17) is 5.14 Å². The molecule has 8 nitrogen and oxygen atoms in total. The summed E-state index contributed by atoms with van der Waals surface area (Å²) in [5.41, 5.74) is 1.81. The second kappa shape index (κ2) is 7.90. The minimum Gasteiger partial charge on any atom is -0.319 e. The fourth-order valence-electron chi connectivity index (χ4n) is 2.87. The Balaban J connectivity index is 1.71. The average molecular weight is 419 g/mol. The highest BCUT2D eigenvalue weighted by atomic mass is 32.2. The molecule has 1 amide bonds. The quantitative estimate of drug-likeness (QED) is 0.515. The van der Waals surface area contributed by atoms with Crippen molar-refractivity contribution in [2.75, 3.05) is 5.32 Å². The van der Waals surface area contributed by atoms with Crippen LogP contribution in [0.3, 0.4) is 0 Å². The van der Waals surface area contributed by atoms with E-state index in [1.54, 1.807) is 10.7 Å². The van der Waals surface area contributed by atoms with E-state index in [1.807, 2.05) is 60.7 Å². The topological polar surface area (TPSA) is 120 Å². The Morgan fingerprint density at radius 1 is 0.900 bits per heavy atom. The van der Waals surface area contributed by atoms with Crippen molar-refractivity contribution in [1.29, 1.82) is 0 Å². The van der Waals surface area contributed by atoms with Crippen molar-refractivity contribution in [3.05, 3.63) is 90.8 Å². The number of aromatic nitrogens is 3. The second-order valence-corrected chi connectivity index (χ2v) is 7.96. The molecule has 0 atom stereocenters. The third kappa shape index (κ3) is 4.12. The van der Waals surface area contributed by atoms with Gasteiger partial charge < -0.3 is 5.32 Å². The van der Waals surface area contributed by atoms with Crippen LogP contribution in [0.5, 0.6) is 0 Å². The van der Waals surface area contributed by atoms with Crippen molar-refractivity contribution in [1.82, 2.24) is 14.8 Å². The Morgan fingerprint density at radius 3 is 2.23 bits per heavy atom. The first-order valence-corrected chi connectivity index (χ1v) is 10.5. The van der Waals surface area contributed by atoms with Gasteiger partial charge in [-0.3, -0.25) is 4.79 Å². The third-order valence-corrected chi connectivity index (χ3v) is 5.17. The number of nitrogens with two attached hydrogens (primary N) is 1. The molecule has 1 heterocycles. The molecule has 3 aromatic carbocycles. The van der Waals surface area contributed by atoms with Crippen molar-refractivity contribution in [2.45, 2.75) is 4.90 Å². The first kappa shape index (κ1) is 19.5. The third-order valence-electron chi connectivity index (χ3n) is 4.26. The van der Waals surface area contributed by atoms with Crippen LogP contribution < -0.4 is 10.5 Å². The molecule has 150 valence electrons. The first-order valence-electron chi connectivity index (χ1n) is 8.94. The summed E-state index contributed by atoms with van der Waals surface area (Å²) in [7, 11) is -3.89. The summed E-state index contributed by atoms with van der Waals surface area (Å²) >= 11 is 0. The number of nitrogens with zero attached hydrogens (tertiary/aromatic N) is 3. The number of para-hydroxylation sites is 1. The lowest BCUT2D eigenvalue weighted by Gasteiger charge is -2.05. The normalized spacial score (nSPS) is 11.2. The summed E-state index contributed by atoms with van der Waals surface area (Å²) in [6.45, 7) is 0. The maximum atomic E-state index is 12.8. The highest BCUT2D eigenvalue weighted by Crippen LogP contribution is 2.22. The fraction of sp³-hybridized carbons (Fsp3) is 0. The molecule has 0 radical (unpaired) electrons. The molecule has 1 aromatic heterocycles. The van der Waals surface area contributed by atoms with Crippen LogP contribution in [-0.2, 0) is 10.0 Å². The van der Waals surface area contributed by atoms with E-state index in [0.29, 0.717) is 5.82 Å². The zero-order chi connectivity index (χ0) is 21.1. The van der Waals surface area contributed by atoms with E-state index < -0.39 is 15.9 Å². The van der Waals surface area contributed by atoms with Crippen LogP contribution >= 0.6 is 0 Å². The molecule has 0 saturated carbocycles. The van der Waals surface area contributed by atoms with E-state index in [0.717, 1.165) is 11.3 Å². The number of hydrogen-bond acceptors (Lipinski definition) is 5. The summed E-state index contributed by atoms with van der Waals surface area (Å²) in [4.78, 5) is 17.1. The number of primary sulfonamides is 1. The minimum atomic E-state index is -3.89. The van der Waals surface area contributed by atoms with Crippen LogP contribution in [0.1, 0.15) is 10.6 Å². The molecule has 0 bridgehead atoms. The van der Waals surface area contributed by atoms with E-state index in [9.17, 15) is 13.2 Å². The van der Waals surface area contributed by atoms with Crippen molar-refractivity contribution < 1.29 is 13.2 Å². The first-order chi connectivity index (χ1) is 14.4. The largest absolute Gasteiger partial charge is 0.319 e. The molecule has 0 aliphatic carbocycles. The van der Waals surface area contributed by atoms with Gasteiger partial charge in [0.05, 0.1) is 10.6 Å². The fourth-order valence-corrected chi connectivity index (χ4v) is 3.43. The van der Waals surface area contributed by atoms with Gasteiger partial charge in [0.1, 0.15) is 0 Å². The molecule has 0 aliphatic rings. The Hall–Kier alpha value is -3.82. The number of rotatable bonds is 5. The molecular weight excluding hydrogens is 402 g/mol. The predicted octanol–water partition coefficient (Wildman–Crippen LogP) is 2.83. The van der Waals surface area contributed by atoms with Crippen LogP contribution in [0.4, 0.5) is 5.69 Å². The van der Waals surface area contributed by atoms with Gasteiger partial charge in [0.2, 0.25) is 15.8 Å². The van der Waals surface area contributed by atoms with E-state index in [-0.39, 0.29) is 16.4 Å². The van der Waals surface area contributed by atoms with E-state index in [1.165, 1.54) is 18.2 Å². The lowest BCUT2D eigenvalue weighted by atomic mass is 10.2. The number of benzene rings is 3. The number of anilines is 1. The standard InChI is InChI=1S/C21H17N5O3S/c22-30(28,29)18-13-7-10-16(14-18)23-21(27)19-24-20(15-8-3-1-4-9-15)26(25-19)17-11-5-2-6-12-17/h1-14H,(H,23,27)(H2,22,28,29). The zero-order valence-corrected chi connectivity index (χ0v) is 16.5. The average Bonchev–Trinajstić information content (AvgIpc) is 3.20. The van der Waals surface area contributed by atoms with Crippen LogP contribution in [0.25, 0.3) is 17.1 Å². The maximum Gasteiger partial charge on any atom is 0.295 e. The molecule has 0 saturated heterocycles. The number of amides is 1. The number of nitrogens with one attached hydrogen (secondary N) is 1. The van der Waals surface area contributed by atoms with Crippen molar-refractivity contribution >= 4 is 21.6 Å². The van der Waals surface area contributed by atoms with E-state index in [2.05, 4.69) is 15.4 Å². The summed E-state index contributed by atoms with van der Waals surface area (Å²) < 4.78 is 24.7. The monoisotopic (exact) mass is 419 g/mol. The van der Waals surface area contributed by atoms with Gasteiger partial charge in [-0.15, -0.1) is 5.10 Å². The van der Waals surface area contributed by atoms with Crippen molar-refractivity contribution in [3.8, 4) is 17.1 Å². The SMILES string of the molecule is NS(=O)(=O)c1cccc(NC(=O)c2nc(-c3ccccc3)n(-c3ccccc3)n2)c1. The molecule has 30 heavy (non-hydrogen) atoms. The van der Waals surface area contributed by atoms with Gasteiger partial charge in [-0.2, -0.15) is 0 Å². The van der Waals surface area contributed by atoms with Crippen LogP contribution in [0.15, 0.2) is 89.8 Å². The second-order valence-electron chi connectivity index (χ2n) is 6.40. The smallest absolute Gasteiger partial charge is 0.295 e. The highest BCUT2D eigenvalue weighted by molar-refractivity contribution is 7.89. The molecule has 4 aromatic rings. The summed E-state index contributed by atoms with van der Waals surface area (Å²) in [6, 6.07) is 24.4. The molecule has 4 rings (SSSR count). The van der Waals surface area contributed by atoms with Gasteiger partial charge in [-0.05, 0) is 30.3 Å². The number of sulfonamides is 1. The van der Waals surface area contributed by atoms with Crippen molar-refractivity contribution in [2.24, 2.45) is 5.14 Å². The van der Waals surface area contributed by atoms with Gasteiger partial charge in [-0.1, -0.05) is 54.6 Å². The van der Waals surface area contributed by atoms with Gasteiger partial charge >= 0.3 is 0 Å². The molecular formula is C21H17N5O3S. The molecule has 9 heteroatoms. The van der Waals surface area contributed by atoms with Gasteiger partial charge in [0, 0.05) is 11.3 Å². The van der Waals surface area contributed by atoms with Crippen LogP contribution in [0, 0.1) is 0 Å². The Bertz CT molecular complexity index is 1250. The Labute approximate surface area is 173 Å². The summed E-state index contributed by atoms with van der Waals surface area (Å²) in [5, 5.41) is 12.1. The molecule has 0 fully saturated rings. The van der Waals surface area contributed by atoms with E-state index >= 15 is 0 Å². The van der Waals surface area contributed by atoms with Crippen LogP contribution in [-0.4, -0.2) is 29.1 Å². The summed E-state index contributed by atoms with van der Waals surface area (Å²) in [5.74, 6) is -0.127. The molecule has 0 unspecified atom stereocenters. The predicted molar refractivity (Wildman–Crippen MR) is 113 cm³/mol. The van der Waals surface area contributed by atoms with Gasteiger partial charge in [0.15, 0.2) is 5.82 Å². The van der Waals surface area contributed by atoms with Crippen molar-refractivity contribution in [3.63, 3.8) is 0 Å². The number of hydrogen-bond donors (Lipinski definition) is 2. The minimum absolute atomic E-state index is 0.0567. The summed E-state index contributed by atoms with van der Waals surface area (Å²) in [6.07, 6.45) is 0. The zero-order valence-electron chi connectivity index (χ0n) is 15.6. The number of carbonyl (C=O) groups is 1. The lowest BCUT2D eigenvalue weighted by Crippen LogP contribution is -2.16. The Kier molecular flexibility index (Phi) is 5.13. The lowest BCUT2D eigenvalue weighted by molar-refractivity contribution is 0.101. The molecule has 0 aliphatic heterocycles. The molecule has 0 spiro atoms. The molecule has 3 N–H and O–H groups in total. The highest BCUT2D eigenvalue weighted by Gasteiger charge is 2.19.